The van der Waals surface area contributed by atoms with Crippen LogP contribution in [0, 0.1) is 17.1 Å². The quantitative estimate of drug-likeness (QED) is 0.872. The lowest BCUT2D eigenvalue weighted by molar-refractivity contribution is 0.456. The molecule has 0 aliphatic carbocycles. The lowest BCUT2D eigenvalue weighted by atomic mass is 10.2. The molecule has 0 unspecified atom stereocenters. The Morgan fingerprint density at radius 3 is 2.33 bits per heavy atom. The molecule has 21 heavy (non-hydrogen) atoms. The standard InChI is InChI=1S/C15H13FN2O2S/c1-18(11-13-4-2-3-5-15(13)16)21(19,20)14-8-6-12(10-17)7-9-14/h2-9H,11H2,1H3. The fourth-order valence-electron chi connectivity index (χ4n) is 1.83. The molecular formula is C15H13FN2O2S. The van der Waals surface area contributed by atoms with Gasteiger partial charge in [-0.1, -0.05) is 18.2 Å². The van der Waals surface area contributed by atoms with Crippen LogP contribution < -0.4 is 0 Å². The van der Waals surface area contributed by atoms with E-state index >= 15 is 0 Å². The molecule has 0 saturated heterocycles. The number of halogens is 1. The van der Waals surface area contributed by atoms with Crippen LogP contribution in [0.4, 0.5) is 4.39 Å². The minimum absolute atomic E-state index is 0.0605. The Hall–Kier alpha value is -2.23. The normalized spacial score (nSPS) is 11.3. The summed E-state index contributed by atoms with van der Waals surface area (Å²) < 4.78 is 39.4. The molecular weight excluding hydrogens is 291 g/mol. The number of nitriles is 1. The minimum Gasteiger partial charge on any atom is -0.207 e. The van der Waals surface area contributed by atoms with Crippen LogP contribution in [-0.2, 0) is 16.6 Å². The largest absolute Gasteiger partial charge is 0.243 e. The predicted octanol–water partition coefficient (Wildman–Crippen LogP) is 2.52. The highest BCUT2D eigenvalue weighted by molar-refractivity contribution is 7.89. The molecule has 2 aromatic rings. The molecule has 0 atom stereocenters. The highest BCUT2D eigenvalue weighted by atomic mass is 32.2. The van der Waals surface area contributed by atoms with Gasteiger partial charge in [-0.05, 0) is 30.3 Å². The summed E-state index contributed by atoms with van der Waals surface area (Å²) in [5.41, 5.74) is 0.683. The van der Waals surface area contributed by atoms with Crippen LogP contribution in [0.5, 0.6) is 0 Å². The molecule has 0 radical (unpaired) electrons. The van der Waals surface area contributed by atoms with Gasteiger partial charge in [0.25, 0.3) is 0 Å². The zero-order valence-corrected chi connectivity index (χ0v) is 12.1. The van der Waals surface area contributed by atoms with Crippen LogP contribution in [0.3, 0.4) is 0 Å². The van der Waals surface area contributed by atoms with Crippen molar-refractivity contribution < 1.29 is 12.8 Å². The van der Waals surface area contributed by atoms with Gasteiger partial charge < -0.3 is 0 Å². The Morgan fingerprint density at radius 2 is 1.76 bits per heavy atom. The van der Waals surface area contributed by atoms with E-state index in [1.54, 1.807) is 18.2 Å². The lowest BCUT2D eigenvalue weighted by Gasteiger charge is -2.17. The van der Waals surface area contributed by atoms with E-state index in [9.17, 15) is 12.8 Å². The molecule has 0 saturated carbocycles. The first-order chi connectivity index (χ1) is 9.95. The van der Waals surface area contributed by atoms with E-state index in [0.717, 1.165) is 4.31 Å². The zero-order valence-electron chi connectivity index (χ0n) is 11.3. The summed E-state index contributed by atoms with van der Waals surface area (Å²) in [4.78, 5) is 0.0698. The Kier molecular flexibility index (Phi) is 4.36. The van der Waals surface area contributed by atoms with Gasteiger partial charge >= 0.3 is 0 Å². The van der Waals surface area contributed by atoms with Crippen molar-refractivity contribution in [1.29, 1.82) is 5.26 Å². The molecule has 0 fully saturated rings. The molecule has 4 nitrogen and oxygen atoms in total. The Bertz CT molecular complexity index is 780. The second-order valence-corrected chi connectivity index (χ2v) is 6.53. The van der Waals surface area contributed by atoms with Gasteiger partial charge in [-0.15, -0.1) is 0 Å². The van der Waals surface area contributed by atoms with Crippen LogP contribution in [0.25, 0.3) is 0 Å². The van der Waals surface area contributed by atoms with Gasteiger partial charge in [0.2, 0.25) is 10.0 Å². The monoisotopic (exact) mass is 304 g/mol. The van der Waals surface area contributed by atoms with E-state index in [1.807, 2.05) is 6.07 Å². The Morgan fingerprint density at radius 1 is 1.14 bits per heavy atom. The number of benzene rings is 2. The first-order valence-electron chi connectivity index (χ1n) is 6.15. The summed E-state index contributed by atoms with van der Waals surface area (Å²) in [5.74, 6) is -0.445. The smallest absolute Gasteiger partial charge is 0.207 e. The van der Waals surface area contributed by atoms with Crippen molar-refractivity contribution in [2.45, 2.75) is 11.4 Å². The molecule has 0 aliphatic rings. The van der Waals surface area contributed by atoms with Gasteiger partial charge in [0.05, 0.1) is 16.5 Å². The summed E-state index contributed by atoms with van der Waals surface area (Å²) in [6, 6.07) is 13.6. The fourth-order valence-corrected chi connectivity index (χ4v) is 2.98. The Balaban J connectivity index is 2.26. The first-order valence-corrected chi connectivity index (χ1v) is 7.59. The third-order valence-corrected chi connectivity index (χ3v) is 4.86. The van der Waals surface area contributed by atoms with Crippen LogP contribution in [0.1, 0.15) is 11.1 Å². The fraction of sp³-hybridized carbons (Fsp3) is 0.133. The van der Waals surface area contributed by atoms with E-state index in [1.165, 1.54) is 37.4 Å². The molecule has 0 amide bonds. The summed E-state index contributed by atoms with van der Waals surface area (Å²) in [5, 5.41) is 8.71. The molecule has 108 valence electrons. The summed E-state index contributed by atoms with van der Waals surface area (Å²) in [6.45, 7) is -0.0605. The molecule has 6 heteroatoms. The third-order valence-electron chi connectivity index (χ3n) is 3.04. The molecule has 2 aromatic carbocycles. The lowest BCUT2D eigenvalue weighted by Crippen LogP contribution is -2.26. The van der Waals surface area contributed by atoms with E-state index in [0.29, 0.717) is 11.1 Å². The zero-order chi connectivity index (χ0) is 15.5. The van der Waals surface area contributed by atoms with Crippen molar-refractivity contribution in [3.05, 3.63) is 65.5 Å². The van der Waals surface area contributed by atoms with Gasteiger partial charge in [-0.25, -0.2) is 12.8 Å². The predicted molar refractivity (Wildman–Crippen MR) is 76.2 cm³/mol. The highest BCUT2D eigenvalue weighted by Crippen LogP contribution is 2.18. The van der Waals surface area contributed by atoms with Crippen molar-refractivity contribution >= 4 is 10.0 Å². The van der Waals surface area contributed by atoms with Crippen molar-refractivity contribution in [3.8, 4) is 6.07 Å². The molecule has 0 N–H and O–H groups in total. The number of sulfonamides is 1. The third kappa shape index (κ3) is 3.27. The van der Waals surface area contributed by atoms with Crippen molar-refractivity contribution in [1.82, 2.24) is 4.31 Å². The van der Waals surface area contributed by atoms with Gasteiger partial charge in [-0.2, -0.15) is 9.57 Å². The maximum absolute atomic E-state index is 13.6. The number of hydrogen-bond donors (Lipinski definition) is 0. The number of rotatable bonds is 4. The average molecular weight is 304 g/mol. The highest BCUT2D eigenvalue weighted by Gasteiger charge is 2.21. The summed E-state index contributed by atoms with van der Waals surface area (Å²) in [7, 11) is -2.33. The van der Waals surface area contributed by atoms with E-state index in [2.05, 4.69) is 0 Å². The van der Waals surface area contributed by atoms with E-state index in [4.69, 9.17) is 5.26 Å². The van der Waals surface area contributed by atoms with Crippen LogP contribution >= 0.6 is 0 Å². The van der Waals surface area contributed by atoms with Crippen molar-refractivity contribution in [3.63, 3.8) is 0 Å². The van der Waals surface area contributed by atoms with E-state index < -0.39 is 15.8 Å². The maximum atomic E-state index is 13.6. The average Bonchev–Trinajstić information content (AvgIpc) is 2.49. The van der Waals surface area contributed by atoms with Gasteiger partial charge in [0.15, 0.2) is 0 Å². The summed E-state index contributed by atoms with van der Waals surface area (Å²) in [6.07, 6.45) is 0. The molecule has 0 heterocycles. The molecule has 0 spiro atoms. The summed E-state index contributed by atoms with van der Waals surface area (Å²) >= 11 is 0. The molecule has 2 rings (SSSR count). The first kappa shape index (κ1) is 15.2. The second-order valence-electron chi connectivity index (χ2n) is 4.49. The number of nitrogens with zero attached hydrogens (tertiary/aromatic N) is 2. The van der Waals surface area contributed by atoms with Gasteiger partial charge in [-0.3, -0.25) is 0 Å². The SMILES string of the molecule is CN(Cc1ccccc1F)S(=O)(=O)c1ccc(C#N)cc1. The minimum atomic E-state index is -3.72. The topological polar surface area (TPSA) is 61.2 Å². The van der Waals surface area contributed by atoms with E-state index in [-0.39, 0.29) is 11.4 Å². The molecule has 0 aromatic heterocycles. The van der Waals surface area contributed by atoms with Crippen LogP contribution in [0.15, 0.2) is 53.4 Å². The van der Waals surface area contributed by atoms with Crippen molar-refractivity contribution in [2.75, 3.05) is 7.05 Å². The van der Waals surface area contributed by atoms with Crippen molar-refractivity contribution in [2.24, 2.45) is 0 Å². The van der Waals surface area contributed by atoms with Crippen LogP contribution in [-0.4, -0.2) is 19.8 Å². The maximum Gasteiger partial charge on any atom is 0.243 e. The number of hydrogen-bond acceptors (Lipinski definition) is 3. The van der Waals surface area contributed by atoms with Gasteiger partial charge in [0, 0.05) is 19.2 Å². The van der Waals surface area contributed by atoms with Crippen LogP contribution in [0.2, 0.25) is 0 Å². The van der Waals surface area contributed by atoms with Gasteiger partial charge in [0.1, 0.15) is 5.82 Å². The molecule has 0 bridgehead atoms. The Labute approximate surface area is 123 Å². The molecule has 0 aliphatic heterocycles. The second kappa shape index (κ2) is 6.04.